The van der Waals surface area contributed by atoms with Gasteiger partial charge in [-0.3, -0.25) is 9.59 Å². The summed E-state index contributed by atoms with van der Waals surface area (Å²) in [5, 5.41) is 11.6. The van der Waals surface area contributed by atoms with Crippen molar-refractivity contribution in [2.75, 3.05) is 41.0 Å². The summed E-state index contributed by atoms with van der Waals surface area (Å²) >= 11 is 0. The molecular formula is C44H75NO7. The highest BCUT2D eigenvalue weighted by molar-refractivity contribution is 5.70. The number of ether oxygens (including phenoxy) is 3. The van der Waals surface area contributed by atoms with Crippen LogP contribution in [0.2, 0.25) is 0 Å². The van der Waals surface area contributed by atoms with Crippen LogP contribution in [-0.2, 0) is 28.6 Å². The molecule has 0 aromatic heterocycles. The predicted molar refractivity (Wildman–Crippen MR) is 212 cm³/mol. The highest BCUT2D eigenvalue weighted by Crippen LogP contribution is 2.12. The van der Waals surface area contributed by atoms with E-state index in [1.807, 2.05) is 0 Å². The van der Waals surface area contributed by atoms with Crippen molar-refractivity contribution >= 4 is 17.9 Å². The van der Waals surface area contributed by atoms with Gasteiger partial charge in [-0.2, -0.15) is 0 Å². The average molecular weight is 730 g/mol. The van der Waals surface area contributed by atoms with Crippen LogP contribution in [0.3, 0.4) is 0 Å². The molecule has 0 aliphatic carbocycles. The molecule has 2 atom stereocenters. The third-order valence-electron chi connectivity index (χ3n) is 8.64. The van der Waals surface area contributed by atoms with Gasteiger partial charge in [0, 0.05) is 19.3 Å². The molecular weight excluding hydrogens is 654 g/mol. The summed E-state index contributed by atoms with van der Waals surface area (Å²) in [6.45, 7) is 4.45. The van der Waals surface area contributed by atoms with Crippen LogP contribution in [0.5, 0.6) is 0 Å². The molecule has 0 saturated heterocycles. The number of aliphatic carboxylic acids is 1. The molecule has 8 nitrogen and oxygen atoms in total. The standard InChI is InChI=1S/C44H75NO7/c1-6-8-10-12-14-16-18-20-21-23-25-27-29-31-33-35-43(47)52-40(38-50-37-36-41(44(48)49)45(3,4)5)39-51-42(46)34-32-30-28-26-24-22-19-17-15-13-11-9-7-2/h8,10,14,16-17,19-21,25,27,40-41H,6-7,9,11-13,15,18,22-24,26,28-39H2,1-5H3/b10-8-,16-14-,19-17-,21-20-,27-25-. The van der Waals surface area contributed by atoms with Crippen LogP contribution in [0.15, 0.2) is 60.8 Å². The fourth-order valence-corrected chi connectivity index (χ4v) is 5.47. The van der Waals surface area contributed by atoms with Crippen LogP contribution < -0.4 is 5.11 Å². The number of carbonyl (C=O) groups is 3. The predicted octanol–water partition coefficient (Wildman–Crippen LogP) is 9.30. The number of esters is 2. The maximum atomic E-state index is 12.7. The number of unbranched alkanes of at least 4 members (excludes halogenated alkanes) is 11. The van der Waals surface area contributed by atoms with Gasteiger partial charge < -0.3 is 28.6 Å². The number of quaternary nitrogens is 1. The SMILES string of the molecule is CC/C=C\C/C=C\C/C=C\C/C=C\CCCCC(=O)OC(COCCC(C(=O)[O-])[N+](C)(C)C)COC(=O)CCCCCCC/C=C\CCCCCC. The number of carbonyl (C=O) groups excluding carboxylic acids is 3. The summed E-state index contributed by atoms with van der Waals surface area (Å²) in [6.07, 6.45) is 41.0. The first-order valence-electron chi connectivity index (χ1n) is 20.3. The minimum Gasteiger partial charge on any atom is -0.544 e. The zero-order valence-electron chi connectivity index (χ0n) is 33.7. The Morgan fingerprint density at radius 2 is 1.08 bits per heavy atom. The van der Waals surface area contributed by atoms with Crippen LogP contribution >= 0.6 is 0 Å². The zero-order valence-corrected chi connectivity index (χ0v) is 33.7. The third-order valence-corrected chi connectivity index (χ3v) is 8.64. The summed E-state index contributed by atoms with van der Waals surface area (Å²) in [6, 6.07) is -0.735. The van der Waals surface area contributed by atoms with E-state index in [-0.39, 0.29) is 49.1 Å². The number of carboxylic acid groups (broad SMARTS) is 1. The Hall–Kier alpha value is -2.97. The van der Waals surface area contributed by atoms with Crippen molar-refractivity contribution in [2.45, 2.75) is 161 Å². The molecule has 0 spiro atoms. The van der Waals surface area contributed by atoms with Crippen LogP contribution in [0.1, 0.15) is 149 Å². The highest BCUT2D eigenvalue weighted by Gasteiger charge is 2.25. The topological polar surface area (TPSA) is 102 Å². The second-order valence-electron chi connectivity index (χ2n) is 14.5. The minimum absolute atomic E-state index is 0.0189. The molecule has 0 amide bonds. The van der Waals surface area contributed by atoms with Crippen LogP contribution in [-0.4, -0.2) is 75.5 Å². The van der Waals surface area contributed by atoms with Crippen molar-refractivity contribution < 1.29 is 38.2 Å². The van der Waals surface area contributed by atoms with Crippen molar-refractivity contribution in [1.82, 2.24) is 0 Å². The van der Waals surface area contributed by atoms with E-state index in [9.17, 15) is 19.5 Å². The lowest BCUT2D eigenvalue weighted by molar-refractivity contribution is -0.889. The van der Waals surface area contributed by atoms with Gasteiger partial charge in [-0.05, 0) is 77.0 Å². The van der Waals surface area contributed by atoms with Gasteiger partial charge in [-0.15, -0.1) is 0 Å². The quantitative estimate of drug-likeness (QED) is 0.0277. The summed E-state index contributed by atoms with van der Waals surface area (Å²) in [5.74, 6) is -1.81. The van der Waals surface area contributed by atoms with E-state index in [0.717, 1.165) is 70.6 Å². The van der Waals surface area contributed by atoms with Crippen molar-refractivity contribution in [2.24, 2.45) is 0 Å². The van der Waals surface area contributed by atoms with E-state index in [1.54, 1.807) is 21.1 Å². The van der Waals surface area contributed by atoms with E-state index in [4.69, 9.17) is 14.2 Å². The van der Waals surface area contributed by atoms with E-state index >= 15 is 0 Å². The smallest absolute Gasteiger partial charge is 0.306 e. The molecule has 0 aliphatic heterocycles. The lowest BCUT2D eigenvalue weighted by atomic mass is 10.1. The lowest BCUT2D eigenvalue weighted by Crippen LogP contribution is -2.55. The fourth-order valence-electron chi connectivity index (χ4n) is 5.47. The fraction of sp³-hybridized carbons (Fsp3) is 0.705. The van der Waals surface area contributed by atoms with Gasteiger partial charge >= 0.3 is 11.9 Å². The number of hydrogen-bond acceptors (Lipinski definition) is 7. The Morgan fingerprint density at radius 1 is 0.596 bits per heavy atom. The number of rotatable bonds is 35. The van der Waals surface area contributed by atoms with Gasteiger partial charge in [-0.1, -0.05) is 113 Å². The summed E-state index contributed by atoms with van der Waals surface area (Å²) < 4.78 is 17.1. The first kappa shape index (κ1) is 49.0. The van der Waals surface area contributed by atoms with Crippen LogP contribution in [0, 0.1) is 0 Å². The third kappa shape index (κ3) is 32.9. The van der Waals surface area contributed by atoms with E-state index in [1.165, 1.54) is 38.5 Å². The maximum Gasteiger partial charge on any atom is 0.306 e. The molecule has 0 aromatic carbocycles. The maximum absolute atomic E-state index is 12.7. The van der Waals surface area contributed by atoms with E-state index < -0.39 is 18.1 Å². The number of likely N-dealkylation sites (N-methyl/N-ethyl adjacent to an activating group) is 1. The molecule has 0 aliphatic rings. The molecule has 0 bridgehead atoms. The van der Waals surface area contributed by atoms with Crippen molar-refractivity contribution in [3.05, 3.63) is 60.8 Å². The summed E-state index contributed by atoms with van der Waals surface area (Å²) in [4.78, 5) is 36.7. The molecule has 0 aromatic rings. The van der Waals surface area contributed by atoms with E-state index in [0.29, 0.717) is 12.8 Å². The normalized spacial score (nSPS) is 13.6. The molecule has 0 radical (unpaired) electrons. The molecule has 298 valence electrons. The average Bonchev–Trinajstić information content (AvgIpc) is 3.09. The molecule has 0 rings (SSSR count). The van der Waals surface area contributed by atoms with E-state index in [2.05, 4.69) is 74.6 Å². The number of nitrogens with zero attached hydrogens (tertiary/aromatic N) is 1. The van der Waals surface area contributed by atoms with Crippen LogP contribution in [0.4, 0.5) is 0 Å². The van der Waals surface area contributed by atoms with Gasteiger partial charge in [0.15, 0.2) is 6.10 Å². The Morgan fingerprint density at radius 3 is 1.65 bits per heavy atom. The summed E-state index contributed by atoms with van der Waals surface area (Å²) in [7, 11) is 5.38. The Balaban J connectivity index is 4.50. The van der Waals surface area contributed by atoms with Gasteiger partial charge in [0.1, 0.15) is 12.6 Å². The lowest BCUT2D eigenvalue weighted by Gasteiger charge is -2.34. The Labute approximate surface area is 318 Å². The second kappa shape index (κ2) is 35.1. The van der Waals surface area contributed by atoms with Gasteiger partial charge in [-0.25, -0.2) is 0 Å². The van der Waals surface area contributed by atoms with Gasteiger partial charge in [0.25, 0.3) is 0 Å². The van der Waals surface area contributed by atoms with Crippen molar-refractivity contribution in [3.63, 3.8) is 0 Å². The number of allylic oxidation sites excluding steroid dienone is 10. The Bertz CT molecular complexity index is 1040. The minimum atomic E-state index is -1.14. The monoisotopic (exact) mass is 730 g/mol. The molecule has 0 N–H and O–H groups in total. The molecule has 52 heavy (non-hydrogen) atoms. The first-order valence-corrected chi connectivity index (χ1v) is 20.3. The molecule has 2 unspecified atom stereocenters. The number of hydrogen-bond donors (Lipinski definition) is 0. The Kier molecular flexibility index (Phi) is 33.1. The zero-order chi connectivity index (χ0) is 38.5. The van der Waals surface area contributed by atoms with Gasteiger partial charge in [0.05, 0.1) is 40.3 Å². The highest BCUT2D eigenvalue weighted by atomic mass is 16.6. The molecule has 0 heterocycles. The first-order chi connectivity index (χ1) is 25.1. The largest absolute Gasteiger partial charge is 0.544 e. The molecule has 0 saturated carbocycles. The second-order valence-corrected chi connectivity index (χ2v) is 14.5. The van der Waals surface area contributed by atoms with Gasteiger partial charge in [0.2, 0.25) is 0 Å². The van der Waals surface area contributed by atoms with Crippen molar-refractivity contribution in [3.8, 4) is 0 Å². The summed E-state index contributed by atoms with van der Waals surface area (Å²) in [5.41, 5.74) is 0. The number of carboxylic acids is 1. The molecule has 8 heteroatoms. The molecule has 0 fully saturated rings. The van der Waals surface area contributed by atoms with Crippen LogP contribution in [0.25, 0.3) is 0 Å². The van der Waals surface area contributed by atoms with Crippen molar-refractivity contribution in [1.29, 1.82) is 0 Å².